The Kier molecular flexibility index (Phi) is 3.96. The Balaban J connectivity index is 0.000000245. The molecular formula is C10H11NO4. The number of carbonyl (C=O) groups excluding carboxylic acids is 2. The number of hydrogen-bond acceptors (Lipinski definition) is 4. The van der Waals surface area contributed by atoms with Crippen LogP contribution in [0.1, 0.15) is 20.7 Å². The van der Waals surface area contributed by atoms with Crippen LogP contribution in [0.2, 0.25) is 0 Å². The minimum atomic E-state index is -0.300. The van der Waals surface area contributed by atoms with Crippen molar-refractivity contribution >= 4 is 11.8 Å². The molecule has 0 saturated carbocycles. The maximum absolute atomic E-state index is 10.9. The largest absolute Gasteiger partial charge is 0.394 e. The number of fused-ring (bicyclic) bond motifs is 1. The summed E-state index contributed by atoms with van der Waals surface area (Å²) in [4.78, 5) is 21.9. The van der Waals surface area contributed by atoms with Gasteiger partial charge >= 0.3 is 0 Å². The Morgan fingerprint density at radius 3 is 1.67 bits per heavy atom. The standard InChI is InChI=1S/C8H5NO2.C2H6O2/c10-7-5-3-1-2-4-6(5)8(11)9-7;3-1-2-4/h1-4H,(H,9,10,11);3-4H,1-2H2. The first-order valence-electron chi connectivity index (χ1n) is 4.37. The van der Waals surface area contributed by atoms with Crippen LogP contribution in [0, 0.1) is 0 Å². The average Bonchev–Trinajstić information content (AvgIpc) is 2.56. The summed E-state index contributed by atoms with van der Waals surface area (Å²) >= 11 is 0. The maximum atomic E-state index is 10.9. The van der Waals surface area contributed by atoms with Gasteiger partial charge in [0.05, 0.1) is 24.3 Å². The molecule has 15 heavy (non-hydrogen) atoms. The van der Waals surface area contributed by atoms with E-state index in [1.54, 1.807) is 24.3 Å². The molecule has 0 unspecified atom stereocenters. The minimum absolute atomic E-state index is 0.125. The predicted octanol–water partition coefficient (Wildman–Crippen LogP) is -0.459. The second-order valence-corrected chi connectivity index (χ2v) is 2.78. The lowest BCUT2D eigenvalue weighted by Gasteiger charge is -1.88. The van der Waals surface area contributed by atoms with Crippen molar-refractivity contribution in [2.75, 3.05) is 13.2 Å². The molecule has 0 radical (unpaired) electrons. The van der Waals surface area contributed by atoms with E-state index in [1.165, 1.54) is 0 Å². The molecule has 5 nitrogen and oxygen atoms in total. The molecule has 0 aliphatic carbocycles. The molecule has 0 atom stereocenters. The molecule has 80 valence electrons. The third-order valence-corrected chi connectivity index (χ3v) is 1.74. The molecule has 1 aromatic rings. The highest BCUT2D eigenvalue weighted by Crippen LogP contribution is 2.13. The highest BCUT2D eigenvalue weighted by atomic mass is 16.3. The van der Waals surface area contributed by atoms with Crippen LogP contribution in [0.4, 0.5) is 0 Å². The van der Waals surface area contributed by atoms with Crippen molar-refractivity contribution < 1.29 is 19.8 Å². The zero-order valence-electron chi connectivity index (χ0n) is 7.93. The smallest absolute Gasteiger partial charge is 0.258 e. The summed E-state index contributed by atoms with van der Waals surface area (Å²) in [6.45, 7) is -0.250. The van der Waals surface area contributed by atoms with E-state index < -0.39 is 0 Å². The van der Waals surface area contributed by atoms with Crippen molar-refractivity contribution in [1.82, 2.24) is 5.32 Å². The SMILES string of the molecule is O=C1NC(=O)c2ccccc21.OCCO. The van der Waals surface area contributed by atoms with Gasteiger partial charge in [0.1, 0.15) is 0 Å². The highest BCUT2D eigenvalue weighted by molar-refractivity contribution is 6.21. The van der Waals surface area contributed by atoms with Crippen molar-refractivity contribution in [3.05, 3.63) is 35.4 Å². The fourth-order valence-corrected chi connectivity index (χ4v) is 1.12. The topological polar surface area (TPSA) is 86.6 Å². The Morgan fingerprint density at radius 2 is 1.33 bits per heavy atom. The summed E-state index contributed by atoms with van der Waals surface area (Å²) in [7, 11) is 0. The van der Waals surface area contributed by atoms with Crippen LogP contribution in [-0.2, 0) is 0 Å². The summed E-state index contributed by atoms with van der Waals surface area (Å²) in [6, 6.07) is 6.74. The number of rotatable bonds is 1. The average molecular weight is 209 g/mol. The monoisotopic (exact) mass is 209 g/mol. The Hall–Kier alpha value is -1.72. The lowest BCUT2D eigenvalue weighted by atomic mass is 10.1. The van der Waals surface area contributed by atoms with Crippen LogP contribution in [-0.4, -0.2) is 35.2 Å². The van der Waals surface area contributed by atoms with Gasteiger partial charge in [0.2, 0.25) is 0 Å². The third-order valence-electron chi connectivity index (χ3n) is 1.74. The Bertz CT molecular complexity index is 340. The van der Waals surface area contributed by atoms with Crippen LogP contribution in [0.15, 0.2) is 24.3 Å². The summed E-state index contributed by atoms with van der Waals surface area (Å²) in [5.41, 5.74) is 0.940. The summed E-state index contributed by atoms with van der Waals surface area (Å²) in [5.74, 6) is -0.601. The van der Waals surface area contributed by atoms with Gasteiger partial charge in [-0.25, -0.2) is 0 Å². The van der Waals surface area contributed by atoms with Crippen molar-refractivity contribution in [2.45, 2.75) is 0 Å². The molecule has 0 bridgehead atoms. The maximum Gasteiger partial charge on any atom is 0.258 e. The lowest BCUT2D eigenvalue weighted by molar-refractivity contribution is 0.0879. The van der Waals surface area contributed by atoms with Gasteiger partial charge in [0.25, 0.3) is 11.8 Å². The number of imide groups is 1. The molecule has 1 aromatic carbocycles. The minimum Gasteiger partial charge on any atom is -0.394 e. The summed E-state index contributed by atoms with van der Waals surface area (Å²) in [6.07, 6.45) is 0. The molecule has 5 heteroatoms. The van der Waals surface area contributed by atoms with Crippen LogP contribution in [0.25, 0.3) is 0 Å². The molecule has 1 aliphatic rings. The van der Waals surface area contributed by atoms with E-state index in [0.29, 0.717) is 11.1 Å². The van der Waals surface area contributed by atoms with Gasteiger partial charge in [-0.15, -0.1) is 0 Å². The molecule has 2 rings (SSSR count). The predicted molar refractivity (Wildman–Crippen MR) is 52.4 cm³/mol. The Morgan fingerprint density at radius 1 is 0.933 bits per heavy atom. The zero-order chi connectivity index (χ0) is 11.3. The molecule has 0 saturated heterocycles. The second-order valence-electron chi connectivity index (χ2n) is 2.78. The molecule has 1 heterocycles. The summed E-state index contributed by atoms with van der Waals surface area (Å²) in [5, 5.41) is 17.5. The first kappa shape index (κ1) is 11.4. The highest BCUT2D eigenvalue weighted by Gasteiger charge is 2.25. The van der Waals surface area contributed by atoms with E-state index >= 15 is 0 Å². The lowest BCUT2D eigenvalue weighted by Crippen LogP contribution is -2.19. The van der Waals surface area contributed by atoms with Gasteiger partial charge in [-0.2, -0.15) is 0 Å². The molecule has 1 aliphatic heterocycles. The van der Waals surface area contributed by atoms with E-state index in [-0.39, 0.29) is 25.0 Å². The molecule has 0 spiro atoms. The number of amides is 2. The second kappa shape index (κ2) is 5.23. The van der Waals surface area contributed by atoms with Gasteiger partial charge in [-0.1, -0.05) is 12.1 Å². The van der Waals surface area contributed by atoms with Crippen LogP contribution < -0.4 is 5.32 Å². The van der Waals surface area contributed by atoms with E-state index in [1.807, 2.05) is 0 Å². The molecule has 2 amide bonds. The quantitative estimate of drug-likeness (QED) is 0.546. The normalized spacial score (nSPS) is 12.7. The summed E-state index contributed by atoms with van der Waals surface area (Å²) < 4.78 is 0. The van der Waals surface area contributed by atoms with Crippen molar-refractivity contribution in [3.63, 3.8) is 0 Å². The van der Waals surface area contributed by atoms with E-state index in [9.17, 15) is 9.59 Å². The van der Waals surface area contributed by atoms with Gasteiger partial charge in [-0.05, 0) is 12.1 Å². The van der Waals surface area contributed by atoms with Crippen LogP contribution in [0.5, 0.6) is 0 Å². The van der Waals surface area contributed by atoms with E-state index in [0.717, 1.165) is 0 Å². The number of benzene rings is 1. The Labute approximate surface area is 86.4 Å². The number of aliphatic hydroxyl groups excluding tert-OH is 2. The van der Waals surface area contributed by atoms with E-state index in [4.69, 9.17) is 10.2 Å². The first-order chi connectivity index (χ1) is 7.20. The number of hydrogen-bond donors (Lipinski definition) is 3. The number of aliphatic hydroxyl groups is 2. The third kappa shape index (κ3) is 2.61. The van der Waals surface area contributed by atoms with Crippen LogP contribution in [0.3, 0.4) is 0 Å². The molecule has 0 aromatic heterocycles. The number of nitrogens with one attached hydrogen (secondary N) is 1. The molecule has 3 N–H and O–H groups in total. The molecule has 0 fully saturated rings. The van der Waals surface area contributed by atoms with Crippen molar-refractivity contribution in [1.29, 1.82) is 0 Å². The van der Waals surface area contributed by atoms with E-state index in [2.05, 4.69) is 5.32 Å². The van der Waals surface area contributed by atoms with Gasteiger partial charge < -0.3 is 10.2 Å². The van der Waals surface area contributed by atoms with Gasteiger partial charge in [0.15, 0.2) is 0 Å². The van der Waals surface area contributed by atoms with Gasteiger partial charge in [-0.3, -0.25) is 14.9 Å². The first-order valence-corrected chi connectivity index (χ1v) is 4.37. The number of carbonyl (C=O) groups is 2. The zero-order valence-corrected chi connectivity index (χ0v) is 7.93. The fourth-order valence-electron chi connectivity index (χ4n) is 1.12. The fraction of sp³-hybridized carbons (Fsp3) is 0.200. The molecular weight excluding hydrogens is 198 g/mol. The van der Waals surface area contributed by atoms with Gasteiger partial charge in [0, 0.05) is 0 Å². The van der Waals surface area contributed by atoms with Crippen LogP contribution >= 0.6 is 0 Å². The van der Waals surface area contributed by atoms with Crippen molar-refractivity contribution in [2.24, 2.45) is 0 Å². The van der Waals surface area contributed by atoms with Crippen molar-refractivity contribution in [3.8, 4) is 0 Å².